The standard InChI is InChI=1S/C23H22F3N3O2/c1-30-18-5-3-2-4-16(18)17-13-15(17)9-11-31-19-8-10-29-20(12-14-6-7-14)27-28-22(29)21(19)23(24,25)26/h2-5,8-11,14-15,17H,6-7,12-13H2,1H3/b11-9+/t15?,17-/m0/s1. The van der Waals surface area contributed by atoms with Gasteiger partial charge in [0, 0.05) is 12.6 Å². The number of benzene rings is 1. The second-order valence-corrected chi connectivity index (χ2v) is 8.20. The lowest BCUT2D eigenvalue weighted by Crippen LogP contribution is -2.10. The number of fused-ring (bicyclic) bond motifs is 1. The summed E-state index contributed by atoms with van der Waals surface area (Å²) in [7, 11) is 1.63. The first-order chi connectivity index (χ1) is 15.0. The van der Waals surface area contributed by atoms with Gasteiger partial charge in [-0.2, -0.15) is 13.2 Å². The van der Waals surface area contributed by atoms with Gasteiger partial charge in [0.2, 0.25) is 0 Å². The molecule has 0 saturated heterocycles. The lowest BCUT2D eigenvalue weighted by molar-refractivity contribution is -0.137. The van der Waals surface area contributed by atoms with Crippen LogP contribution in [-0.2, 0) is 12.6 Å². The summed E-state index contributed by atoms with van der Waals surface area (Å²) >= 11 is 0. The molecule has 2 aromatic heterocycles. The molecule has 2 fully saturated rings. The van der Waals surface area contributed by atoms with Crippen LogP contribution in [0.25, 0.3) is 5.65 Å². The Balaban J connectivity index is 1.35. The van der Waals surface area contributed by atoms with E-state index in [1.54, 1.807) is 13.3 Å². The topological polar surface area (TPSA) is 48.7 Å². The summed E-state index contributed by atoms with van der Waals surface area (Å²) in [6, 6.07) is 9.12. The van der Waals surface area contributed by atoms with Crippen LogP contribution in [0, 0.1) is 11.8 Å². The normalized spacial score (nSPS) is 21.0. The molecule has 2 aliphatic rings. The van der Waals surface area contributed by atoms with Gasteiger partial charge in [0.15, 0.2) is 5.65 Å². The third-order valence-corrected chi connectivity index (χ3v) is 5.96. The van der Waals surface area contributed by atoms with Crippen molar-refractivity contribution in [3.05, 3.63) is 65.8 Å². The van der Waals surface area contributed by atoms with E-state index < -0.39 is 11.7 Å². The Labute approximate surface area is 177 Å². The maximum Gasteiger partial charge on any atom is 0.423 e. The molecular weight excluding hydrogens is 407 g/mol. The first kappa shape index (κ1) is 19.9. The van der Waals surface area contributed by atoms with E-state index in [9.17, 15) is 13.2 Å². The summed E-state index contributed by atoms with van der Waals surface area (Å²) < 4.78 is 53.8. The van der Waals surface area contributed by atoms with Crippen LogP contribution in [0.4, 0.5) is 13.2 Å². The largest absolute Gasteiger partial charge is 0.496 e. The number of ether oxygens (including phenoxy) is 2. The molecule has 8 heteroatoms. The zero-order valence-electron chi connectivity index (χ0n) is 17.0. The molecule has 1 aromatic carbocycles. The SMILES string of the molecule is COc1ccccc1[C@H]1CC1/C=C/Oc1ccn2c(CC3CC3)nnc2c1C(F)(F)F. The summed E-state index contributed by atoms with van der Waals surface area (Å²) in [6.45, 7) is 0. The molecule has 3 aromatic rings. The Kier molecular flexibility index (Phi) is 4.87. The number of hydrogen-bond acceptors (Lipinski definition) is 4. The van der Waals surface area contributed by atoms with E-state index in [1.807, 2.05) is 30.3 Å². The molecule has 5 nitrogen and oxygen atoms in total. The molecule has 1 unspecified atom stereocenters. The number of methoxy groups -OCH3 is 1. The van der Waals surface area contributed by atoms with Crippen LogP contribution < -0.4 is 9.47 Å². The number of hydrogen-bond donors (Lipinski definition) is 0. The molecule has 0 N–H and O–H groups in total. The molecule has 0 radical (unpaired) electrons. The number of allylic oxidation sites excluding steroid dienone is 1. The molecule has 2 aliphatic carbocycles. The fourth-order valence-corrected chi connectivity index (χ4v) is 4.04. The average molecular weight is 429 g/mol. The Morgan fingerprint density at radius 2 is 1.94 bits per heavy atom. The van der Waals surface area contributed by atoms with Gasteiger partial charge in [0.1, 0.15) is 22.9 Å². The van der Waals surface area contributed by atoms with Gasteiger partial charge >= 0.3 is 6.18 Å². The van der Waals surface area contributed by atoms with Crippen molar-refractivity contribution in [3.63, 3.8) is 0 Å². The Morgan fingerprint density at radius 3 is 2.68 bits per heavy atom. The van der Waals surface area contributed by atoms with Crippen molar-refractivity contribution >= 4 is 5.65 Å². The van der Waals surface area contributed by atoms with E-state index in [0.29, 0.717) is 18.2 Å². The molecule has 0 bridgehead atoms. The van der Waals surface area contributed by atoms with E-state index in [4.69, 9.17) is 9.47 Å². The van der Waals surface area contributed by atoms with Crippen LogP contribution in [0.3, 0.4) is 0 Å². The zero-order valence-corrected chi connectivity index (χ0v) is 17.0. The van der Waals surface area contributed by atoms with Crippen LogP contribution in [0.15, 0.2) is 48.9 Å². The fraction of sp³-hybridized carbons (Fsp3) is 0.391. The number of para-hydroxylation sites is 1. The number of rotatable bonds is 7. The van der Waals surface area contributed by atoms with Crippen molar-refractivity contribution in [1.82, 2.24) is 14.6 Å². The third-order valence-electron chi connectivity index (χ3n) is 5.96. The summed E-state index contributed by atoms with van der Waals surface area (Å²) in [5, 5.41) is 7.82. The van der Waals surface area contributed by atoms with Gasteiger partial charge in [-0.1, -0.05) is 18.2 Å². The van der Waals surface area contributed by atoms with E-state index in [2.05, 4.69) is 10.2 Å². The van der Waals surface area contributed by atoms with Gasteiger partial charge in [-0.15, -0.1) is 10.2 Å². The van der Waals surface area contributed by atoms with Gasteiger partial charge in [-0.05, 0) is 60.8 Å². The lowest BCUT2D eigenvalue weighted by atomic mass is 10.1. The first-order valence-corrected chi connectivity index (χ1v) is 10.4. The van der Waals surface area contributed by atoms with Crippen LogP contribution in [0.1, 0.15) is 42.1 Å². The number of nitrogens with zero attached hydrogens (tertiary/aromatic N) is 3. The molecule has 31 heavy (non-hydrogen) atoms. The Bertz CT molecular complexity index is 1130. The predicted molar refractivity (Wildman–Crippen MR) is 108 cm³/mol. The molecule has 0 aliphatic heterocycles. The van der Waals surface area contributed by atoms with Crippen molar-refractivity contribution in [2.24, 2.45) is 11.8 Å². The summed E-state index contributed by atoms with van der Waals surface area (Å²) in [5.41, 5.74) is -0.0117. The monoisotopic (exact) mass is 429 g/mol. The highest BCUT2D eigenvalue weighted by molar-refractivity contribution is 5.57. The number of alkyl halides is 3. The van der Waals surface area contributed by atoms with Crippen LogP contribution in [0.2, 0.25) is 0 Å². The van der Waals surface area contributed by atoms with Gasteiger partial charge < -0.3 is 9.47 Å². The number of halogens is 3. The highest BCUT2D eigenvalue weighted by atomic mass is 19.4. The van der Waals surface area contributed by atoms with Crippen molar-refractivity contribution < 1.29 is 22.6 Å². The minimum atomic E-state index is -4.60. The summed E-state index contributed by atoms with van der Waals surface area (Å²) in [6.07, 6.45) is 3.83. The molecule has 0 amide bonds. The minimum absolute atomic E-state index is 0.201. The van der Waals surface area contributed by atoms with Gasteiger partial charge in [-0.3, -0.25) is 4.40 Å². The average Bonchev–Trinajstić information content (AvgIpc) is 3.66. The van der Waals surface area contributed by atoms with E-state index >= 15 is 0 Å². The highest BCUT2D eigenvalue weighted by Gasteiger charge is 2.40. The van der Waals surface area contributed by atoms with E-state index in [1.165, 1.54) is 16.7 Å². The van der Waals surface area contributed by atoms with Crippen molar-refractivity contribution in [2.75, 3.05) is 7.11 Å². The fourth-order valence-electron chi connectivity index (χ4n) is 4.04. The summed E-state index contributed by atoms with van der Waals surface area (Å²) in [5.74, 6) is 2.09. The van der Waals surface area contributed by atoms with Crippen molar-refractivity contribution in [2.45, 2.75) is 37.8 Å². The Morgan fingerprint density at radius 1 is 1.13 bits per heavy atom. The van der Waals surface area contributed by atoms with E-state index in [0.717, 1.165) is 30.6 Å². The minimum Gasteiger partial charge on any atom is -0.496 e. The second-order valence-electron chi connectivity index (χ2n) is 8.20. The van der Waals surface area contributed by atoms with E-state index in [-0.39, 0.29) is 23.2 Å². The van der Waals surface area contributed by atoms with Crippen molar-refractivity contribution in [3.8, 4) is 11.5 Å². The second kappa shape index (κ2) is 7.59. The number of aromatic nitrogens is 3. The first-order valence-electron chi connectivity index (χ1n) is 10.4. The van der Waals surface area contributed by atoms with Gasteiger partial charge in [0.25, 0.3) is 0 Å². The smallest absolute Gasteiger partial charge is 0.423 e. The molecule has 162 valence electrons. The summed E-state index contributed by atoms with van der Waals surface area (Å²) in [4.78, 5) is 0. The number of pyridine rings is 1. The van der Waals surface area contributed by atoms with Crippen LogP contribution in [0.5, 0.6) is 11.5 Å². The van der Waals surface area contributed by atoms with Crippen LogP contribution in [-0.4, -0.2) is 21.7 Å². The maximum atomic E-state index is 13.8. The van der Waals surface area contributed by atoms with Gasteiger partial charge in [0.05, 0.1) is 13.4 Å². The predicted octanol–water partition coefficient (Wildman–Crippen LogP) is 5.41. The maximum absolute atomic E-state index is 13.8. The molecule has 0 spiro atoms. The highest BCUT2D eigenvalue weighted by Crippen LogP contribution is 2.51. The molecular formula is C23H22F3N3O2. The zero-order chi connectivity index (χ0) is 21.6. The quantitative estimate of drug-likeness (QED) is 0.472. The molecule has 5 rings (SSSR count). The third kappa shape index (κ3) is 3.98. The molecule has 2 heterocycles. The Hall–Kier alpha value is -3.03. The lowest BCUT2D eigenvalue weighted by Gasteiger charge is -2.13. The molecule has 2 saturated carbocycles. The van der Waals surface area contributed by atoms with Gasteiger partial charge in [-0.25, -0.2) is 0 Å². The van der Waals surface area contributed by atoms with Crippen LogP contribution >= 0.6 is 0 Å². The molecule has 2 atom stereocenters. The van der Waals surface area contributed by atoms with Crippen molar-refractivity contribution in [1.29, 1.82) is 0 Å².